The van der Waals surface area contributed by atoms with E-state index in [0.717, 1.165) is 17.0 Å². The van der Waals surface area contributed by atoms with E-state index in [2.05, 4.69) is 0 Å². The highest BCUT2D eigenvalue weighted by molar-refractivity contribution is 5.75. The lowest BCUT2D eigenvalue weighted by Gasteiger charge is -2.14. The zero-order valence-electron chi connectivity index (χ0n) is 11.1. The topological polar surface area (TPSA) is 38.8 Å². The van der Waals surface area contributed by atoms with Gasteiger partial charge in [-0.15, -0.1) is 0 Å². The number of carbonyl (C=O) groups excluding carboxylic acids is 1. The summed E-state index contributed by atoms with van der Waals surface area (Å²) in [5.41, 5.74) is 1.84. The maximum Gasteiger partial charge on any atom is 0.414 e. The Bertz CT molecular complexity index is 503. The Morgan fingerprint density at radius 3 is 2.63 bits per heavy atom. The molecule has 1 heterocycles. The van der Waals surface area contributed by atoms with Gasteiger partial charge in [-0.25, -0.2) is 4.79 Å². The molecule has 0 bridgehead atoms. The van der Waals surface area contributed by atoms with Crippen LogP contribution in [0.5, 0.6) is 5.75 Å². The zero-order valence-corrected chi connectivity index (χ0v) is 11.1. The highest BCUT2D eigenvalue weighted by Crippen LogP contribution is 2.19. The lowest BCUT2D eigenvalue weighted by Crippen LogP contribution is -2.22. The SMILES string of the molecule is C/C=C\C(=C/c1ccc(OC)cc1)N1CCOC1=O. The largest absolute Gasteiger partial charge is 0.497 e. The van der Waals surface area contributed by atoms with Gasteiger partial charge in [0.1, 0.15) is 12.4 Å². The van der Waals surface area contributed by atoms with Crippen molar-refractivity contribution in [3.8, 4) is 5.75 Å². The lowest BCUT2D eigenvalue weighted by molar-refractivity contribution is 0.165. The normalized spacial score (nSPS) is 16.0. The van der Waals surface area contributed by atoms with Crippen LogP contribution in [0.2, 0.25) is 0 Å². The Balaban J connectivity index is 2.26. The summed E-state index contributed by atoms with van der Waals surface area (Å²) in [5, 5.41) is 0. The summed E-state index contributed by atoms with van der Waals surface area (Å²) in [7, 11) is 1.64. The van der Waals surface area contributed by atoms with Crippen LogP contribution in [0, 0.1) is 0 Å². The van der Waals surface area contributed by atoms with Crippen molar-refractivity contribution in [1.29, 1.82) is 0 Å². The second-order valence-electron chi connectivity index (χ2n) is 4.11. The van der Waals surface area contributed by atoms with Crippen molar-refractivity contribution in [2.75, 3.05) is 20.3 Å². The molecule has 0 spiro atoms. The Kier molecular flexibility index (Phi) is 4.23. The highest BCUT2D eigenvalue weighted by atomic mass is 16.6. The van der Waals surface area contributed by atoms with E-state index < -0.39 is 0 Å². The van der Waals surface area contributed by atoms with Gasteiger partial charge in [-0.1, -0.05) is 18.2 Å². The van der Waals surface area contributed by atoms with Crippen molar-refractivity contribution in [2.24, 2.45) is 0 Å². The fourth-order valence-electron chi connectivity index (χ4n) is 1.89. The molecule has 0 saturated carbocycles. The van der Waals surface area contributed by atoms with Gasteiger partial charge >= 0.3 is 6.09 Å². The third kappa shape index (κ3) is 3.16. The minimum atomic E-state index is -0.294. The minimum absolute atomic E-state index is 0.294. The molecule has 1 aliphatic rings. The molecule has 2 rings (SSSR count). The molecule has 0 atom stereocenters. The number of carbonyl (C=O) groups is 1. The van der Waals surface area contributed by atoms with Crippen LogP contribution >= 0.6 is 0 Å². The van der Waals surface area contributed by atoms with Crippen molar-refractivity contribution >= 4 is 12.2 Å². The molecule has 0 radical (unpaired) electrons. The number of cyclic esters (lactones) is 1. The molecule has 1 amide bonds. The van der Waals surface area contributed by atoms with E-state index in [1.165, 1.54) is 0 Å². The molecule has 4 heteroatoms. The van der Waals surface area contributed by atoms with E-state index in [0.29, 0.717) is 13.2 Å². The van der Waals surface area contributed by atoms with Gasteiger partial charge < -0.3 is 9.47 Å². The highest BCUT2D eigenvalue weighted by Gasteiger charge is 2.23. The van der Waals surface area contributed by atoms with Gasteiger partial charge in [0.05, 0.1) is 13.7 Å². The molecule has 1 fully saturated rings. The summed E-state index contributed by atoms with van der Waals surface area (Å²) in [4.78, 5) is 13.2. The van der Waals surface area contributed by atoms with Gasteiger partial charge in [-0.05, 0) is 36.8 Å². The molecule has 1 aromatic rings. The summed E-state index contributed by atoms with van der Waals surface area (Å²) < 4.78 is 10.1. The van der Waals surface area contributed by atoms with Crippen molar-refractivity contribution in [3.05, 3.63) is 47.7 Å². The first kappa shape index (κ1) is 13.2. The number of ether oxygens (including phenoxy) is 2. The smallest absolute Gasteiger partial charge is 0.414 e. The number of amides is 1. The standard InChI is InChI=1S/C15H17NO3/c1-3-4-13(16-9-10-19-15(16)17)11-12-5-7-14(18-2)8-6-12/h3-8,11H,9-10H2,1-2H3/b4-3-,13-11+. The number of nitrogens with zero attached hydrogens (tertiary/aromatic N) is 1. The second kappa shape index (κ2) is 6.09. The van der Waals surface area contributed by atoms with Gasteiger partial charge in [0.15, 0.2) is 0 Å². The molecule has 4 nitrogen and oxygen atoms in total. The molecule has 1 saturated heterocycles. The summed E-state index contributed by atoms with van der Waals surface area (Å²) in [6.45, 7) is 2.95. The predicted octanol–water partition coefficient (Wildman–Crippen LogP) is 3.06. The summed E-state index contributed by atoms with van der Waals surface area (Å²) in [6.07, 6.45) is 5.46. The summed E-state index contributed by atoms with van der Waals surface area (Å²) >= 11 is 0. The first-order chi connectivity index (χ1) is 9.24. The molecule has 0 aromatic heterocycles. The Morgan fingerprint density at radius 1 is 1.37 bits per heavy atom. The number of hydrogen-bond donors (Lipinski definition) is 0. The monoisotopic (exact) mass is 259 g/mol. The molecule has 1 aliphatic heterocycles. The zero-order chi connectivity index (χ0) is 13.7. The molecule has 0 unspecified atom stereocenters. The van der Waals surface area contributed by atoms with Crippen molar-refractivity contribution < 1.29 is 14.3 Å². The van der Waals surface area contributed by atoms with E-state index in [1.54, 1.807) is 12.0 Å². The Hall–Kier alpha value is -2.23. The summed E-state index contributed by atoms with van der Waals surface area (Å²) in [6, 6.07) is 7.68. The van der Waals surface area contributed by atoms with Crippen LogP contribution in [-0.4, -0.2) is 31.3 Å². The third-order valence-corrected chi connectivity index (χ3v) is 2.84. The number of rotatable bonds is 4. The average molecular weight is 259 g/mol. The van der Waals surface area contributed by atoms with E-state index >= 15 is 0 Å². The van der Waals surface area contributed by atoms with Crippen LogP contribution in [0.3, 0.4) is 0 Å². The molecule has 1 aromatic carbocycles. The fraction of sp³-hybridized carbons (Fsp3) is 0.267. The third-order valence-electron chi connectivity index (χ3n) is 2.84. The van der Waals surface area contributed by atoms with Gasteiger partial charge in [0.25, 0.3) is 0 Å². The van der Waals surface area contributed by atoms with Crippen LogP contribution in [0.1, 0.15) is 12.5 Å². The first-order valence-corrected chi connectivity index (χ1v) is 6.17. The van der Waals surface area contributed by atoms with Crippen molar-refractivity contribution in [3.63, 3.8) is 0 Å². The van der Waals surface area contributed by atoms with Crippen LogP contribution in [0.25, 0.3) is 6.08 Å². The predicted molar refractivity (Wildman–Crippen MR) is 73.8 cm³/mol. The molecule has 0 N–H and O–H groups in total. The van der Waals surface area contributed by atoms with Crippen molar-refractivity contribution in [1.82, 2.24) is 4.90 Å². The Morgan fingerprint density at radius 2 is 2.11 bits per heavy atom. The number of hydrogen-bond acceptors (Lipinski definition) is 3. The maximum atomic E-state index is 11.6. The maximum absolute atomic E-state index is 11.6. The van der Waals surface area contributed by atoms with Gasteiger partial charge in [0, 0.05) is 5.70 Å². The quantitative estimate of drug-likeness (QED) is 0.780. The van der Waals surface area contributed by atoms with E-state index in [1.807, 2.05) is 49.4 Å². The molecular weight excluding hydrogens is 242 g/mol. The average Bonchev–Trinajstić information content (AvgIpc) is 2.85. The lowest BCUT2D eigenvalue weighted by atomic mass is 10.1. The fourth-order valence-corrected chi connectivity index (χ4v) is 1.89. The number of allylic oxidation sites excluding steroid dienone is 2. The molecule has 19 heavy (non-hydrogen) atoms. The van der Waals surface area contributed by atoms with Crippen LogP contribution in [-0.2, 0) is 4.74 Å². The number of benzene rings is 1. The molecular formula is C15H17NO3. The number of methoxy groups -OCH3 is 1. The molecule has 100 valence electrons. The molecule has 0 aliphatic carbocycles. The van der Waals surface area contributed by atoms with E-state index in [-0.39, 0.29) is 6.09 Å². The van der Waals surface area contributed by atoms with Gasteiger partial charge in [-0.3, -0.25) is 4.90 Å². The Labute approximate surface area is 112 Å². The van der Waals surface area contributed by atoms with Gasteiger partial charge in [-0.2, -0.15) is 0 Å². The summed E-state index contributed by atoms with van der Waals surface area (Å²) in [5.74, 6) is 0.810. The minimum Gasteiger partial charge on any atom is -0.497 e. The van der Waals surface area contributed by atoms with E-state index in [9.17, 15) is 4.79 Å². The van der Waals surface area contributed by atoms with Crippen LogP contribution < -0.4 is 4.74 Å². The van der Waals surface area contributed by atoms with E-state index in [4.69, 9.17) is 9.47 Å². The van der Waals surface area contributed by atoms with Gasteiger partial charge in [0.2, 0.25) is 0 Å². The van der Waals surface area contributed by atoms with Crippen molar-refractivity contribution in [2.45, 2.75) is 6.92 Å². The first-order valence-electron chi connectivity index (χ1n) is 6.17. The van der Waals surface area contributed by atoms with Crippen LogP contribution in [0.4, 0.5) is 4.79 Å². The second-order valence-corrected chi connectivity index (χ2v) is 4.11. The van der Waals surface area contributed by atoms with Crippen LogP contribution in [0.15, 0.2) is 42.1 Å².